The summed E-state index contributed by atoms with van der Waals surface area (Å²) in [6.45, 7) is 7.78. The van der Waals surface area contributed by atoms with E-state index < -0.39 is 0 Å². The minimum atomic E-state index is 0.306. The molecule has 2 aromatic carbocycles. The van der Waals surface area contributed by atoms with Crippen LogP contribution in [0.25, 0.3) is 16.9 Å². The number of nitrogens with one attached hydrogen (secondary N) is 1. The summed E-state index contributed by atoms with van der Waals surface area (Å²) in [6, 6.07) is 16.4. The molecule has 1 saturated heterocycles. The molecule has 1 fully saturated rings. The lowest BCUT2D eigenvalue weighted by molar-refractivity contribution is 0.174. The summed E-state index contributed by atoms with van der Waals surface area (Å²) < 4.78 is 13.0. The zero-order valence-corrected chi connectivity index (χ0v) is 19.9. The molecule has 0 saturated carbocycles. The highest BCUT2D eigenvalue weighted by atomic mass is 16.7. The molecule has 180 valence electrons. The largest absolute Gasteiger partial charge is 0.454 e. The third kappa shape index (κ3) is 4.35. The summed E-state index contributed by atoms with van der Waals surface area (Å²) in [5.41, 5.74) is 3.89. The van der Waals surface area contributed by atoms with E-state index >= 15 is 0 Å². The van der Waals surface area contributed by atoms with E-state index in [9.17, 15) is 0 Å². The number of hydrogen-bond donors (Lipinski definition) is 1. The number of fused-ring (bicyclic) bond motifs is 2. The molecule has 0 radical (unpaired) electrons. The van der Waals surface area contributed by atoms with Crippen LogP contribution in [0, 0.1) is 0 Å². The topological polar surface area (TPSA) is 80.6 Å². The van der Waals surface area contributed by atoms with Crippen LogP contribution < -0.4 is 19.7 Å². The van der Waals surface area contributed by atoms with Gasteiger partial charge in [0.15, 0.2) is 28.5 Å². The Balaban J connectivity index is 1.22. The van der Waals surface area contributed by atoms with Crippen LogP contribution in [0.2, 0.25) is 0 Å². The first-order valence-electron chi connectivity index (χ1n) is 12.2. The van der Waals surface area contributed by atoms with E-state index in [1.54, 1.807) is 0 Å². The molecule has 9 heteroatoms. The van der Waals surface area contributed by atoms with Crippen LogP contribution in [-0.4, -0.2) is 63.9 Å². The third-order valence-corrected chi connectivity index (χ3v) is 6.46. The van der Waals surface area contributed by atoms with E-state index in [-0.39, 0.29) is 0 Å². The number of aromatic nitrogens is 4. The predicted octanol–water partition coefficient (Wildman–Crippen LogP) is 3.69. The average Bonchev–Trinajstić information content (AvgIpc) is 3.55. The van der Waals surface area contributed by atoms with Crippen molar-refractivity contribution in [3.8, 4) is 17.2 Å². The lowest BCUT2D eigenvalue weighted by atomic mass is 10.1. The van der Waals surface area contributed by atoms with Gasteiger partial charge in [-0.25, -0.2) is 4.98 Å². The molecule has 9 nitrogen and oxygen atoms in total. The lowest BCUT2D eigenvalue weighted by Crippen LogP contribution is -2.46. The summed E-state index contributed by atoms with van der Waals surface area (Å²) in [6.07, 6.45) is 2.84. The van der Waals surface area contributed by atoms with E-state index in [1.807, 2.05) is 35.2 Å². The Labute approximate surface area is 204 Å². The predicted molar refractivity (Wildman–Crippen MR) is 135 cm³/mol. The van der Waals surface area contributed by atoms with E-state index in [0.29, 0.717) is 6.79 Å². The first-order chi connectivity index (χ1) is 17.3. The van der Waals surface area contributed by atoms with Crippen molar-refractivity contribution in [2.24, 2.45) is 0 Å². The zero-order valence-electron chi connectivity index (χ0n) is 19.9. The first-order valence-corrected chi connectivity index (χ1v) is 12.2. The summed E-state index contributed by atoms with van der Waals surface area (Å²) in [5.74, 6) is 3.21. The van der Waals surface area contributed by atoms with Crippen molar-refractivity contribution < 1.29 is 9.47 Å². The highest BCUT2D eigenvalue weighted by molar-refractivity contribution is 5.85. The Morgan fingerprint density at radius 1 is 0.943 bits per heavy atom. The molecule has 35 heavy (non-hydrogen) atoms. The molecule has 0 spiro atoms. The molecule has 2 aliphatic rings. The Kier molecular flexibility index (Phi) is 5.83. The van der Waals surface area contributed by atoms with Gasteiger partial charge in [0.05, 0.1) is 0 Å². The number of rotatable bonds is 7. The summed E-state index contributed by atoms with van der Waals surface area (Å²) >= 11 is 0. The van der Waals surface area contributed by atoms with Crippen LogP contribution >= 0.6 is 0 Å². The van der Waals surface area contributed by atoms with Crippen molar-refractivity contribution in [1.82, 2.24) is 24.4 Å². The van der Waals surface area contributed by atoms with Gasteiger partial charge in [0.25, 0.3) is 0 Å². The number of para-hydroxylation sites is 1. The standard InChI is InChI=1S/C26H29N7O2/c1-2-10-27-24-23-25(33(17-28-23)20-6-4-3-5-7-20)30-26(29-24)32-13-11-31(12-14-32)16-19-8-9-21-22(15-19)35-18-34-21/h3-9,15,17H,2,10-14,16,18H2,1H3,(H,27,29,30). The Morgan fingerprint density at radius 3 is 2.60 bits per heavy atom. The molecule has 0 bridgehead atoms. The second-order valence-electron chi connectivity index (χ2n) is 8.87. The van der Waals surface area contributed by atoms with Crippen LogP contribution in [0.1, 0.15) is 18.9 Å². The van der Waals surface area contributed by atoms with Gasteiger partial charge in [-0.3, -0.25) is 9.47 Å². The van der Waals surface area contributed by atoms with Crippen molar-refractivity contribution in [1.29, 1.82) is 0 Å². The van der Waals surface area contributed by atoms with Gasteiger partial charge in [-0.05, 0) is 36.2 Å². The molecule has 0 atom stereocenters. The van der Waals surface area contributed by atoms with E-state index in [1.165, 1.54) is 5.56 Å². The third-order valence-electron chi connectivity index (χ3n) is 6.46. The van der Waals surface area contributed by atoms with Crippen molar-refractivity contribution in [3.63, 3.8) is 0 Å². The van der Waals surface area contributed by atoms with E-state index in [4.69, 9.17) is 19.4 Å². The molecular weight excluding hydrogens is 442 g/mol. The Hall–Kier alpha value is -3.85. The number of piperazine rings is 1. The molecule has 4 aromatic rings. The Morgan fingerprint density at radius 2 is 1.77 bits per heavy atom. The fourth-order valence-electron chi connectivity index (χ4n) is 4.58. The number of nitrogens with zero attached hydrogens (tertiary/aromatic N) is 6. The summed E-state index contributed by atoms with van der Waals surface area (Å²) in [5, 5.41) is 3.46. The van der Waals surface area contributed by atoms with Crippen LogP contribution in [0.5, 0.6) is 11.5 Å². The average molecular weight is 472 g/mol. The quantitative estimate of drug-likeness (QED) is 0.437. The lowest BCUT2D eigenvalue weighted by Gasteiger charge is -2.34. The van der Waals surface area contributed by atoms with Gasteiger partial charge in [0.1, 0.15) is 6.33 Å². The highest BCUT2D eigenvalue weighted by Crippen LogP contribution is 2.33. The fourth-order valence-corrected chi connectivity index (χ4v) is 4.58. The normalized spacial score (nSPS) is 15.6. The molecule has 0 aliphatic carbocycles. The van der Waals surface area contributed by atoms with Gasteiger partial charge < -0.3 is 19.7 Å². The Bertz CT molecular complexity index is 1320. The van der Waals surface area contributed by atoms with Gasteiger partial charge in [-0.15, -0.1) is 0 Å². The van der Waals surface area contributed by atoms with Gasteiger partial charge in [-0.2, -0.15) is 9.97 Å². The molecule has 0 amide bonds. The number of ether oxygens (including phenoxy) is 2. The maximum Gasteiger partial charge on any atom is 0.231 e. The highest BCUT2D eigenvalue weighted by Gasteiger charge is 2.23. The van der Waals surface area contributed by atoms with Gasteiger partial charge in [-0.1, -0.05) is 31.2 Å². The molecule has 6 rings (SSSR count). The number of anilines is 2. The van der Waals surface area contributed by atoms with Crippen molar-refractivity contribution in [2.75, 3.05) is 49.7 Å². The molecule has 0 unspecified atom stereocenters. The van der Waals surface area contributed by atoms with Crippen LogP contribution in [-0.2, 0) is 6.54 Å². The molecule has 4 heterocycles. The van der Waals surface area contributed by atoms with Crippen LogP contribution in [0.4, 0.5) is 11.8 Å². The second kappa shape index (κ2) is 9.42. The van der Waals surface area contributed by atoms with Crippen LogP contribution in [0.15, 0.2) is 54.9 Å². The van der Waals surface area contributed by atoms with Crippen LogP contribution in [0.3, 0.4) is 0 Å². The first kappa shape index (κ1) is 21.7. The minimum Gasteiger partial charge on any atom is -0.454 e. The summed E-state index contributed by atoms with van der Waals surface area (Å²) in [4.78, 5) is 19.3. The monoisotopic (exact) mass is 471 g/mol. The maximum absolute atomic E-state index is 5.53. The SMILES string of the molecule is CCCNc1nc(N2CCN(Cc3ccc4c(c3)OCO4)CC2)nc2c1ncn2-c1ccccc1. The second-order valence-corrected chi connectivity index (χ2v) is 8.87. The van der Waals surface area contributed by atoms with Gasteiger partial charge in [0, 0.05) is 45.0 Å². The van der Waals surface area contributed by atoms with Crippen molar-refractivity contribution >= 4 is 22.9 Å². The van der Waals surface area contributed by atoms with E-state index in [2.05, 4.69) is 51.3 Å². The molecule has 1 N–H and O–H groups in total. The fraction of sp³-hybridized carbons (Fsp3) is 0.346. The maximum atomic E-state index is 5.53. The number of hydrogen-bond acceptors (Lipinski definition) is 8. The zero-order chi connectivity index (χ0) is 23.6. The van der Waals surface area contributed by atoms with Crippen molar-refractivity contribution in [3.05, 3.63) is 60.4 Å². The van der Waals surface area contributed by atoms with Crippen molar-refractivity contribution in [2.45, 2.75) is 19.9 Å². The summed E-state index contributed by atoms with van der Waals surface area (Å²) in [7, 11) is 0. The number of imidazole rings is 1. The van der Waals surface area contributed by atoms with E-state index in [0.717, 1.165) is 85.8 Å². The van der Waals surface area contributed by atoms with Gasteiger partial charge >= 0.3 is 0 Å². The van der Waals surface area contributed by atoms with Gasteiger partial charge in [0.2, 0.25) is 12.7 Å². The molecular formula is C26H29N7O2. The molecule has 2 aromatic heterocycles. The number of benzene rings is 2. The smallest absolute Gasteiger partial charge is 0.231 e. The minimum absolute atomic E-state index is 0.306. The molecule has 2 aliphatic heterocycles.